The molecule has 2 nitrogen and oxygen atoms in total. The molecule has 8 saturated carbocycles. The van der Waals surface area contributed by atoms with Gasteiger partial charge in [0.05, 0.1) is 0 Å². The minimum atomic E-state index is -0.0560. The Balaban J connectivity index is 0.000000576. The predicted molar refractivity (Wildman–Crippen MR) is 218 cm³/mol. The Bertz CT molecular complexity index is 1290. The summed E-state index contributed by atoms with van der Waals surface area (Å²) in [4.78, 5) is 0. The Morgan fingerprint density at radius 3 is 1.47 bits per heavy atom. The summed E-state index contributed by atoms with van der Waals surface area (Å²) in [5.74, 6) is 6.41. The van der Waals surface area contributed by atoms with Crippen molar-refractivity contribution in [1.29, 1.82) is 0 Å². The summed E-state index contributed by atoms with van der Waals surface area (Å²) in [6.45, 7) is 9.85. The zero-order chi connectivity index (χ0) is 34.1. The third-order valence-electron chi connectivity index (χ3n) is 16.1. The fourth-order valence-corrected chi connectivity index (χ4v) is 20.8. The van der Waals surface area contributed by atoms with Gasteiger partial charge in [0, 0.05) is 17.2 Å². The van der Waals surface area contributed by atoms with Crippen LogP contribution in [0.5, 0.6) is 0 Å². The van der Waals surface area contributed by atoms with E-state index in [0.717, 1.165) is 35.5 Å². The van der Waals surface area contributed by atoms with E-state index >= 15 is 0 Å². The maximum absolute atomic E-state index is 4.15. The maximum atomic E-state index is 4.15. The van der Waals surface area contributed by atoms with Crippen LogP contribution in [-0.2, 0) is 33.8 Å². The summed E-state index contributed by atoms with van der Waals surface area (Å²) in [6.07, 6.45) is 28.8. The van der Waals surface area contributed by atoms with Crippen LogP contribution in [0, 0.1) is 35.5 Å². The molecule has 2 N–H and O–H groups in total. The fourth-order valence-electron chi connectivity index (χ4n) is 14.8. The van der Waals surface area contributed by atoms with E-state index in [0.29, 0.717) is 22.4 Å². The Morgan fingerprint density at radius 2 is 1.14 bits per heavy atom. The average Bonchev–Trinajstić information content (AvgIpc) is 3.81. The molecule has 10 fully saturated rings. The largest absolute Gasteiger partial charge is 2.00 e. The van der Waals surface area contributed by atoms with Crippen molar-refractivity contribution < 1.29 is 17.1 Å². The van der Waals surface area contributed by atoms with E-state index in [9.17, 15) is 0 Å². The van der Waals surface area contributed by atoms with Crippen LogP contribution < -0.4 is 10.6 Å². The molecule has 3 unspecified atom stereocenters. The van der Waals surface area contributed by atoms with E-state index in [2.05, 4.69) is 52.8 Å². The summed E-state index contributed by atoms with van der Waals surface area (Å²) in [6, 6.07) is 16.7. The minimum absolute atomic E-state index is 0. The maximum Gasteiger partial charge on any atom is 2.00 e. The van der Waals surface area contributed by atoms with Crippen molar-refractivity contribution in [2.24, 2.45) is 35.5 Å². The van der Waals surface area contributed by atoms with Crippen molar-refractivity contribution in [2.75, 3.05) is 13.1 Å². The van der Waals surface area contributed by atoms with Crippen LogP contribution in [0.3, 0.4) is 0 Å². The number of rotatable bonds is 7. The normalized spacial score (nSPS) is 41.3. The van der Waals surface area contributed by atoms with E-state index in [-0.39, 0.29) is 35.6 Å². The van der Waals surface area contributed by atoms with Crippen LogP contribution in [-0.4, -0.2) is 35.5 Å². The molecule has 8 aliphatic carbocycles. The summed E-state index contributed by atoms with van der Waals surface area (Å²) >= 11 is 0. The van der Waals surface area contributed by atoms with Gasteiger partial charge in [0.25, 0.3) is 0 Å². The standard InChI is InChI=1S/C41H65N2P2.C5H5.Fe/c1-38(2,3)34-18-33(35(19-34)41(44,36-8-4-6-10-42-36)37-9-5-7-11-43-37)26-45(39-20-27-12-28(21-39)14-29(13-27)22-39)40-23-30-15-31(24-40)17-32(16-30)25-40;1-2-4-5-3-1;/h18-19,27-32,36-37,42-43H,4-17,20-26,44H2,1-3H3;1-5H;/q2*-1;+2. The topological polar surface area (TPSA) is 24.1 Å². The predicted octanol–water partition coefficient (Wildman–Crippen LogP) is 11.4. The van der Waals surface area contributed by atoms with Crippen LogP contribution in [0.1, 0.15) is 153 Å². The third-order valence-corrected chi connectivity index (χ3v) is 21.3. The summed E-state index contributed by atoms with van der Waals surface area (Å²) in [5, 5.41) is 9.77. The molecule has 2 aromatic carbocycles. The first-order valence-electron chi connectivity index (χ1n) is 21.6. The van der Waals surface area contributed by atoms with Crippen LogP contribution in [0.4, 0.5) is 0 Å². The molecule has 2 heterocycles. The van der Waals surface area contributed by atoms with Gasteiger partial charge in [-0.1, -0.05) is 39.8 Å². The molecule has 3 atom stereocenters. The molecule has 51 heavy (non-hydrogen) atoms. The molecule has 282 valence electrons. The smallest absolute Gasteiger partial charge is 0.313 e. The Hall–Kier alpha value is -0.000519. The molecule has 2 saturated heterocycles. The molecule has 10 aliphatic rings. The van der Waals surface area contributed by atoms with Gasteiger partial charge in [0.1, 0.15) is 0 Å². The molecular formula is C46H70FeN2P2. The van der Waals surface area contributed by atoms with Gasteiger partial charge in [-0.05, 0) is 167 Å². The van der Waals surface area contributed by atoms with Gasteiger partial charge >= 0.3 is 17.1 Å². The van der Waals surface area contributed by atoms with Crippen LogP contribution in [0.25, 0.3) is 0 Å². The minimum Gasteiger partial charge on any atom is -0.313 e. The van der Waals surface area contributed by atoms with Gasteiger partial charge in [0.15, 0.2) is 0 Å². The molecule has 0 spiro atoms. The zero-order valence-corrected chi connectivity index (χ0v) is 35.5. The second-order valence-corrected chi connectivity index (χ2v) is 24.7. The van der Waals surface area contributed by atoms with Gasteiger partial charge in [0.2, 0.25) is 0 Å². The monoisotopic (exact) mass is 768 g/mol. The van der Waals surface area contributed by atoms with Crippen LogP contribution in [0.2, 0.25) is 0 Å². The van der Waals surface area contributed by atoms with E-state index in [4.69, 9.17) is 0 Å². The molecule has 0 aromatic heterocycles. The van der Waals surface area contributed by atoms with Crippen molar-refractivity contribution in [1.82, 2.24) is 10.6 Å². The van der Waals surface area contributed by atoms with Crippen molar-refractivity contribution >= 4 is 17.2 Å². The number of hydrogen-bond acceptors (Lipinski definition) is 2. The quantitative estimate of drug-likeness (QED) is 0.167. The summed E-state index contributed by atoms with van der Waals surface area (Å²) in [7, 11) is 3.58. The van der Waals surface area contributed by atoms with E-state index < -0.39 is 0 Å². The van der Waals surface area contributed by atoms with E-state index in [1.165, 1.54) is 57.8 Å². The van der Waals surface area contributed by atoms with Crippen LogP contribution in [0.15, 0.2) is 42.5 Å². The number of nitrogens with one attached hydrogen (secondary N) is 2. The van der Waals surface area contributed by atoms with Gasteiger partial charge in [-0.2, -0.15) is 41.0 Å². The van der Waals surface area contributed by atoms with E-state index in [1.54, 1.807) is 88.2 Å². The fraction of sp³-hybridized carbons (Fsp3) is 0.783. The molecule has 0 amide bonds. The van der Waals surface area contributed by atoms with Gasteiger partial charge < -0.3 is 10.6 Å². The molecule has 12 rings (SSSR count). The first-order chi connectivity index (χ1) is 24.1. The summed E-state index contributed by atoms with van der Waals surface area (Å²) in [5.41, 5.74) is 5.41. The van der Waals surface area contributed by atoms with Crippen molar-refractivity contribution in [3.63, 3.8) is 0 Å². The van der Waals surface area contributed by atoms with Gasteiger partial charge in [-0.25, -0.2) is 18.2 Å². The van der Waals surface area contributed by atoms with Crippen molar-refractivity contribution in [2.45, 2.75) is 175 Å². The number of hydrogen-bond donors (Lipinski definition) is 2. The first-order valence-corrected chi connectivity index (χ1v) is 23.7. The molecular weight excluding hydrogens is 698 g/mol. The second kappa shape index (κ2) is 14.8. The van der Waals surface area contributed by atoms with Crippen molar-refractivity contribution in [3.8, 4) is 0 Å². The average molecular weight is 769 g/mol. The Morgan fingerprint density at radius 1 is 0.706 bits per heavy atom. The number of piperidine rings is 2. The zero-order valence-electron chi connectivity index (χ0n) is 32.4. The molecule has 5 heteroatoms. The Labute approximate surface area is 326 Å². The Kier molecular flexibility index (Phi) is 11.0. The summed E-state index contributed by atoms with van der Waals surface area (Å²) < 4.78 is 0. The first kappa shape index (κ1) is 37.9. The van der Waals surface area contributed by atoms with Gasteiger partial charge in [-0.3, -0.25) is 0 Å². The second-order valence-electron chi connectivity index (χ2n) is 20.7. The van der Waals surface area contributed by atoms with Gasteiger partial charge in [-0.15, -0.1) is 17.2 Å². The van der Waals surface area contributed by atoms with Crippen LogP contribution >= 0.6 is 17.2 Å². The molecule has 2 aliphatic heterocycles. The SMILES string of the molecule is CC(C)(C)c1cc(CP(C23CC4CC(CC(C4)C2)C3)C23CC4CC(CC(C4)C2)C3)c(C(P)(C2CCCCN2)C2CCCCN2)[cH-]1.[Fe+2].c1cc[cH-]c1. The molecule has 0 radical (unpaired) electrons. The third kappa shape index (κ3) is 7.14. The molecule has 8 bridgehead atoms. The molecule has 2 aromatic rings. The van der Waals surface area contributed by atoms with Crippen molar-refractivity contribution in [3.05, 3.63) is 59.2 Å². The van der Waals surface area contributed by atoms with E-state index in [1.807, 2.05) is 35.9 Å².